The van der Waals surface area contributed by atoms with Crippen LogP contribution in [0.5, 0.6) is 0 Å². The highest BCUT2D eigenvalue weighted by atomic mass is 19.1. The van der Waals surface area contributed by atoms with Crippen LogP contribution >= 0.6 is 0 Å². The standard InChI is InChI=1S/C14H21FN2/c1-10-5-6-13(7-14(10)15)17-8-11(2)16(4)12(3)9-17/h5-7,11-12H,8-9H2,1-4H3/t11-,12+. The van der Waals surface area contributed by atoms with Gasteiger partial charge in [0.1, 0.15) is 5.82 Å². The lowest BCUT2D eigenvalue weighted by molar-refractivity contribution is 0.170. The molecule has 0 radical (unpaired) electrons. The predicted octanol–water partition coefficient (Wildman–Crippen LogP) is 2.66. The zero-order valence-corrected chi connectivity index (χ0v) is 11.1. The Labute approximate surface area is 103 Å². The molecular formula is C14H21FN2. The highest BCUT2D eigenvalue weighted by Crippen LogP contribution is 2.23. The lowest BCUT2D eigenvalue weighted by Gasteiger charge is -2.43. The van der Waals surface area contributed by atoms with Gasteiger partial charge in [0.15, 0.2) is 0 Å². The number of benzene rings is 1. The second-order valence-corrected chi connectivity index (χ2v) is 5.20. The maximum Gasteiger partial charge on any atom is 0.128 e. The summed E-state index contributed by atoms with van der Waals surface area (Å²) in [5.74, 6) is -0.110. The van der Waals surface area contributed by atoms with E-state index in [0.29, 0.717) is 17.6 Å². The van der Waals surface area contributed by atoms with Gasteiger partial charge >= 0.3 is 0 Å². The fourth-order valence-corrected chi connectivity index (χ4v) is 2.39. The van der Waals surface area contributed by atoms with Crippen molar-refractivity contribution in [3.05, 3.63) is 29.6 Å². The molecule has 94 valence electrons. The molecule has 0 unspecified atom stereocenters. The minimum atomic E-state index is -0.110. The van der Waals surface area contributed by atoms with Gasteiger partial charge in [-0.2, -0.15) is 0 Å². The molecule has 0 amide bonds. The van der Waals surface area contributed by atoms with Gasteiger partial charge < -0.3 is 4.90 Å². The Morgan fingerprint density at radius 2 is 1.76 bits per heavy atom. The Morgan fingerprint density at radius 3 is 2.29 bits per heavy atom. The van der Waals surface area contributed by atoms with Crippen LogP contribution in [0.4, 0.5) is 10.1 Å². The van der Waals surface area contributed by atoms with Crippen LogP contribution in [0.25, 0.3) is 0 Å². The lowest BCUT2D eigenvalue weighted by Crippen LogP contribution is -2.55. The van der Waals surface area contributed by atoms with Crippen molar-refractivity contribution in [3.63, 3.8) is 0 Å². The van der Waals surface area contributed by atoms with Crippen LogP contribution < -0.4 is 4.90 Å². The van der Waals surface area contributed by atoms with Crippen molar-refractivity contribution >= 4 is 5.69 Å². The van der Waals surface area contributed by atoms with Crippen molar-refractivity contribution in [3.8, 4) is 0 Å². The van der Waals surface area contributed by atoms with E-state index in [9.17, 15) is 4.39 Å². The molecule has 0 saturated carbocycles. The monoisotopic (exact) mass is 236 g/mol. The highest BCUT2D eigenvalue weighted by Gasteiger charge is 2.26. The zero-order chi connectivity index (χ0) is 12.6. The van der Waals surface area contributed by atoms with Gasteiger partial charge in [-0.3, -0.25) is 4.90 Å². The SMILES string of the molecule is Cc1ccc(N2C[C@@H](C)N(C)[C@@H](C)C2)cc1F. The third kappa shape index (κ3) is 2.44. The molecule has 1 fully saturated rings. The number of rotatable bonds is 1. The Hall–Kier alpha value is -1.09. The smallest absolute Gasteiger partial charge is 0.128 e. The summed E-state index contributed by atoms with van der Waals surface area (Å²) in [4.78, 5) is 4.65. The summed E-state index contributed by atoms with van der Waals surface area (Å²) in [5, 5.41) is 0. The Bertz CT molecular complexity index is 393. The molecule has 2 atom stereocenters. The van der Waals surface area contributed by atoms with Gasteiger partial charge in [-0.15, -0.1) is 0 Å². The van der Waals surface area contributed by atoms with Crippen molar-refractivity contribution < 1.29 is 4.39 Å². The van der Waals surface area contributed by atoms with Crippen LogP contribution in [-0.4, -0.2) is 37.1 Å². The molecule has 0 aliphatic carbocycles. The van der Waals surface area contributed by atoms with Crippen molar-refractivity contribution in [2.24, 2.45) is 0 Å². The third-order valence-corrected chi connectivity index (χ3v) is 3.88. The maximum absolute atomic E-state index is 13.6. The van der Waals surface area contributed by atoms with E-state index in [1.54, 1.807) is 13.0 Å². The number of hydrogen-bond donors (Lipinski definition) is 0. The molecular weight excluding hydrogens is 215 g/mol. The summed E-state index contributed by atoms with van der Waals surface area (Å²) in [6, 6.07) is 6.54. The zero-order valence-electron chi connectivity index (χ0n) is 11.1. The van der Waals surface area contributed by atoms with Crippen LogP contribution in [0, 0.1) is 12.7 Å². The van der Waals surface area contributed by atoms with Gasteiger partial charge in [-0.05, 0) is 45.5 Å². The fourth-order valence-electron chi connectivity index (χ4n) is 2.39. The Kier molecular flexibility index (Phi) is 3.38. The maximum atomic E-state index is 13.6. The number of anilines is 1. The van der Waals surface area contributed by atoms with Crippen molar-refractivity contribution in [2.75, 3.05) is 25.0 Å². The van der Waals surface area contributed by atoms with Crippen molar-refractivity contribution in [1.82, 2.24) is 4.90 Å². The number of piperazine rings is 1. The van der Waals surface area contributed by atoms with Gasteiger partial charge in [0, 0.05) is 30.9 Å². The van der Waals surface area contributed by atoms with Gasteiger partial charge in [0.25, 0.3) is 0 Å². The molecule has 2 rings (SSSR count). The summed E-state index contributed by atoms with van der Waals surface area (Å²) >= 11 is 0. The van der Waals surface area contributed by atoms with Crippen LogP contribution in [-0.2, 0) is 0 Å². The highest BCUT2D eigenvalue weighted by molar-refractivity contribution is 5.49. The van der Waals surface area contributed by atoms with E-state index in [2.05, 4.69) is 30.7 Å². The van der Waals surface area contributed by atoms with E-state index in [4.69, 9.17) is 0 Å². The van der Waals surface area contributed by atoms with Gasteiger partial charge in [0.2, 0.25) is 0 Å². The number of aryl methyl sites for hydroxylation is 1. The first-order valence-electron chi connectivity index (χ1n) is 6.22. The van der Waals surface area contributed by atoms with E-state index >= 15 is 0 Å². The molecule has 1 aromatic carbocycles. The lowest BCUT2D eigenvalue weighted by atomic mass is 10.1. The van der Waals surface area contributed by atoms with Crippen LogP contribution in [0.2, 0.25) is 0 Å². The molecule has 0 bridgehead atoms. The average molecular weight is 236 g/mol. The third-order valence-electron chi connectivity index (χ3n) is 3.88. The number of hydrogen-bond acceptors (Lipinski definition) is 2. The van der Waals surface area contributed by atoms with E-state index in [1.807, 2.05) is 12.1 Å². The van der Waals surface area contributed by atoms with E-state index in [1.165, 1.54) is 0 Å². The first-order valence-corrected chi connectivity index (χ1v) is 6.22. The fraction of sp³-hybridized carbons (Fsp3) is 0.571. The Morgan fingerprint density at radius 1 is 1.18 bits per heavy atom. The minimum Gasteiger partial charge on any atom is -0.368 e. The van der Waals surface area contributed by atoms with E-state index in [0.717, 1.165) is 18.8 Å². The largest absolute Gasteiger partial charge is 0.368 e. The second-order valence-electron chi connectivity index (χ2n) is 5.20. The summed E-state index contributed by atoms with van der Waals surface area (Å²) in [6.45, 7) is 8.15. The summed E-state index contributed by atoms with van der Waals surface area (Å²) in [6.07, 6.45) is 0. The predicted molar refractivity (Wildman–Crippen MR) is 70.0 cm³/mol. The van der Waals surface area contributed by atoms with Crippen molar-refractivity contribution in [1.29, 1.82) is 0 Å². The van der Waals surface area contributed by atoms with Crippen LogP contribution in [0.15, 0.2) is 18.2 Å². The molecule has 3 heteroatoms. The molecule has 0 aromatic heterocycles. The molecule has 2 nitrogen and oxygen atoms in total. The second kappa shape index (κ2) is 4.65. The quantitative estimate of drug-likeness (QED) is 0.739. The summed E-state index contributed by atoms with van der Waals surface area (Å²) in [5.41, 5.74) is 1.71. The van der Waals surface area contributed by atoms with Gasteiger partial charge in [-0.25, -0.2) is 4.39 Å². The number of likely N-dealkylation sites (N-methyl/N-ethyl adjacent to an activating group) is 1. The van der Waals surface area contributed by atoms with Crippen LogP contribution in [0.3, 0.4) is 0 Å². The first kappa shape index (κ1) is 12.4. The van der Waals surface area contributed by atoms with Crippen molar-refractivity contribution in [2.45, 2.75) is 32.9 Å². The normalized spacial score (nSPS) is 26.3. The average Bonchev–Trinajstić information content (AvgIpc) is 2.29. The summed E-state index contributed by atoms with van der Waals surface area (Å²) < 4.78 is 13.6. The molecule has 1 aromatic rings. The minimum absolute atomic E-state index is 0.110. The van der Waals surface area contributed by atoms with E-state index in [-0.39, 0.29) is 5.82 Å². The Balaban J connectivity index is 2.20. The molecule has 1 heterocycles. The molecule has 1 aliphatic heterocycles. The molecule has 0 spiro atoms. The summed E-state index contributed by atoms with van der Waals surface area (Å²) in [7, 11) is 2.16. The molecule has 1 saturated heterocycles. The number of halogens is 1. The molecule has 17 heavy (non-hydrogen) atoms. The topological polar surface area (TPSA) is 6.48 Å². The molecule has 1 aliphatic rings. The van der Waals surface area contributed by atoms with Gasteiger partial charge in [0.05, 0.1) is 0 Å². The van der Waals surface area contributed by atoms with Gasteiger partial charge in [-0.1, -0.05) is 6.07 Å². The molecule has 0 N–H and O–H groups in total. The first-order chi connectivity index (χ1) is 7.99. The van der Waals surface area contributed by atoms with E-state index < -0.39 is 0 Å². The van der Waals surface area contributed by atoms with Crippen LogP contribution in [0.1, 0.15) is 19.4 Å². The number of nitrogens with zero attached hydrogens (tertiary/aromatic N) is 2.